The third-order valence-corrected chi connectivity index (χ3v) is 2.36. The van der Waals surface area contributed by atoms with Crippen LogP contribution in [0.15, 0.2) is 51.9 Å². The molecule has 0 aliphatic heterocycles. The van der Waals surface area contributed by atoms with E-state index in [1.807, 2.05) is 18.2 Å². The minimum atomic E-state index is -0.127. The van der Waals surface area contributed by atoms with E-state index < -0.39 is 0 Å². The summed E-state index contributed by atoms with van der Waals surface area (Å²) in [5.41, 5.74) is 1.30. The van der Waals surface area contributed by atoms with Gasteiger partial charge in [-0.1, -0.05) is 0 Å². The molecule has 3 heterocycles. The van der Waals surface area contributed by atoms with Gasteiger partial charge >= 0.3 is 0 Å². The molecule has 4 heteroatoms. The Morgan fingerprint density at radius 2 is 2.19 bits per heavy atom. The summed E-state index contributed by atoms with van der Waals surface area (Å²) >= 11 is 0. The van der Waals surface area contributed by atoms with Crippen LogP contribution in [-0.4, -0.2) is 9.97 Å². The first-order valence-electron chi connectivity index (χ1n) is 4.86. The van der Waals surface area contributed by atoms with E-state index in [1.54, 1.807) is 18.5 Å². The molecular formula is C12H8N2O2. The van der Waals surface area contributed by atoms with Crippen LogP contribution in [0.5, 0.6) is 0 Å². The van der Waals surface area contributed by atoms with Crippen LogP contribution in [0, 0.1) is 0 Å². The average molecular weight is 212 g/mol. The van der Waals surface area contributed by atoms with Crippen molar-refractivity contribution < 1.29 is 4.42 Å². The number of hydrogen-bond acceptors (Lipinski definition) is 3. The first-order chi connectivity index (χ1) is 7.83. The van der Waals surface area contributed by atoms with Gasteiger partial charge in [-0.2, -0.15) is 0 Å². The van der Waals surface area contributed by atoms with Crippen molar-refractivity contribution in [1.29, 1.82) is 0 Å². The van der Waals surface area contributed by atoms with Gasteiger partial charge in [0, 0.05) is 29.4 Å². The van der Waals surface area contributed by atoms with Crippen LogP contribution in [0.3, 0.4) is 0 Å². The highest BCUT2D eigenvalue weighted by atomic mass is 16.3. The maximum Gasteiger partial charge on any atom is 0.247 e. The topological polar surface area (TPSA) is 58.9 Å². The predicted octanol–water partition coefficient (Wildman–Crippen LogP) is 2.18. The fraction of sp³-hybridized carbons (Fsp3) is 0. The molecule has 0 fully saturated rings. The summed E-state index contributed by atoms with van der Waals surface area (Å²) in [7, 11) is 0. The second-order valence-corrected chi connectivity index (χ2v) is 3.45. The van der Waals surface area contributed by atoms with E-state index in [-0.39, 0.29) is 5.56 Å². The molecule has 0 aliphatic carbocycles. The lowest BCUT2D eigenvalue weighted by atomic mass is 10.2. The highest BCUT2D eigenvalue weighted by molar-refractivity contribution is 5.79. The van der Waals surface area contributed by atoms with E-state index in [4.69, 9.17) is 4.42 Å². The summed E-state index contributed by atoms with van der Waals surface area (Å²) in [6.45, 7) is 0. The molecule has 0 unspecified atom stereocenters. The van der Waals surface area contributed by atoms with E-state index in [9.17, 15) is 4.79 Å². The second-order valence-electron chi connectivity index (χ2n) is 3.45. The Kier molecular flexibility index (Phi) is 1.86. The summed E-state index contributed by atoms with van der Waals surface area (Å²) < 4.78 is 5.56. The van der Waals surface area contributed by atoms with Gasteiger partial charge in [0.05, 0.1) is 0 Å². The predicted molar refractivity (Wildman–Crippen MR) is 60.1 cm³/mol. The molecule has 0 bridgehead atoms. The fourth-order valence-corrected chi connectivity index (χ4v) is 1.58. The van der Waals surface area contributed by atoms with Crippen LogP contribution in [0.4, 0.5) is 0 Å². The Hall–Kier alpha value is -2.36. The Morgan fingerprint density at radius 3 is 2.94 bits per heavy atom. The second kappa shape index (κ2) is 3.34. The van der Waals surface area contributed by atoms with Crippen LogP contribution in [0.25, 0.3) is 22.4 Å². The van der Waals surface area contributed by atoms with E-state index in [0.717, 1.165) is 10.9 Å². The highest BCUT2D eigenvalue weighted by Gasteiger charge is 2.05. The molecule has 4 nitrogen and oxygen atoms in total. The van der Waals surface area contributed by atoms with Gasteiger partial charge in [-0.3, -0.25) is 4.79 Å². The minimum Gasteiger partial charge on any atom is -0.438 e. The van der Waals surface area contributed by atoms with Gasteiger partial charge < -0.3 is 9.40 Å². The van der Waals surface area contributed by atoms with Crippen molar-refractivity contribution in [3.8, 4) is 11.3 Å². The lowest BCUT2D eigenvalue weighted by molar-refractivity contribution is 0.618. The number of fused-ring (bicyclic) bond motifs is 1. The lowest BCUT2D eigenvalue weighted by Crippen LogP contribution is -2.00. The quantitative estimate of drug-likeness (QED) is 0.672. The molecule has 1 N–H and O–H groups in total. The van der Waals surface area contributed by atoms with Crippen molar-refractivity contribution in [1.82, 2.24) is 9.97 Å². The van der Waals surface area contributed by atoms with Crippen molar-refractivity contribution in [2.45, 2.75) is 0 Å². The van der Waals surface area contributed by atoms with E-state index in [0.29, 0.717) is 11.5 Å². The summed E-state index contributed by atoms with van der Waals surface area (Å²) in [5, 5.41) is 0.948. The molecule has 3 aromatic rings. The van der Waals surface area contributed by atoms with Gasteiger partial charge in [-0.15, -0.1) is 0 Å². The van der Waals surface area contributed by atoms with Gasteiger partial charge in [0.1, 0.15) is 5.76 Å². The average Bonchev–Trinajstić information content (AvgIpc) is 2.73. The van der Waals surface area contributed by atoms with E-state index in [1.165, 1.54) is 6.07 Å². The molecule has 0 saturated carbocycles. The molecule has 3 rings (SSSR count). The molecule has 3 aromatic heterocycles. The maximum atomic E-state index is 10.9. The largest absolute Gasteiger partial charge is 0.438 e. The summed E-state index contributed by atoms with van der Waals surface area (Å²) in [6.07, 6.45) is 3.31. The third kappa shape index (κ3) is 1.40. The number of nitrogens with one attached hydrogen (secondary N) is 1. The van der Waals surface area contributed by atoms with Crippen LogP contribution < -0.4 is 5.56 Å². The van der Waals surface area contributed by atoms with Gasteiger partial charge in [0.2, 0.25) is 11.3 Å². The van der Waals surface area contributed by atoms with Gasteiger partial charge in [-0.25, -0.2) is 4.98 Å². The van der Waals surface area contributed by atoms with Crippen LogP contribution in [-0.2, 0) is 0 Å². The zero-order valence-corrected chi connectivity index (χ0v) is 8.31. The summed E-state index contributed by atoms with van der Waals surface area (Å²) in [4.78, 5) is 17.6. The first-order valence-corrected chi connectivity index (χ1v) is 4.86. The lowest BCUT2D eigenvalue weighted by Gasteiger charge is -1.93. The molecular weight excluding hydrogens is 204 g/mol. The Balaban J connectivity index is 2.19. The minimum absolute atomic E-state index is 0.127. The van der Waals surface area contributed by atoms with Gasteiger partial charge in [-0.05, 0) is 24.3 Å². The Bertz CT molecular complexity index is 644. The van der Waals surface area contributed by atoms with Crippen LogP contribution >= 0.6 is 0 Å². The Morgan fingerprint density at radius 1 is 1.25 bits per heavy atom. The standard InChI is InChI=1S/C12H8N2O2/c15-11-4-3-9(7-14-11)10-6-8-2-1-5-13-12(8)16-10/h1-7H,(H,14,15). The molecule has 16 heavy (non-hydrogen) atoms. The summed E-state index contributed by atoms with van der Waals surface area (Å²) in [5.74, 6) is 0.699. The molecule has 78 valence electrons. The smallest absolute Gasteiger partial charge is 0.247 e. The number of furan rings is 1. The summed E-state index contributed by atoms with van der Waals surface area (Å²) in [6, 6.07) is 8.87. The molecule has 0 amide bonds. The van der Waals surface area contributed by atoms with Crippen molar-refractivity contribution in [2.24, 2.45) is 0 Å². The van der Waals surface area contributed by atoms with Gasteiger partial charge in [0.15, 0.2) is 0 Å². The molecule has 0 radical (unpaired) electrons. The number of aromatic amines is 1. The van der Waals surface area contributed by atoms with Crippen LogP contribution in [0.2, 0.25) is 0 Å². The van der Waals surface area contributed by atoms with E-state index >= 15 is 0 Å². The maximum absolute atomic E-state index is 10.9. The first kappa shape index (κ1) is 8.91. The molecule has 0 aliphatic rings. The monoisotopic (exact) mass is 212 g/mol. The normalized spacial score (nSPS) is 10.8. The fourth-order valence-electron chi connectivity index (χ4n) is 1.58. The van der Waals surface area contributed by atoms with Crippen molar-refractivity contribution in [3.63, 3.8) is 0 Å². The number of rotatable bonds is 1. The molecule has 0 atom stereocenters. The van der Waals surface area contributed by atoms with Crippen LogP contribution in [0.1, 0.15) is 0 Å². The number of nitrogens with zero attached hydrogens (tertiary/aromatic N) is 1. The van der Waals surface area contributed by atoms with Crippen molar-refractivity contribution in [3.05, 3.63) is 53.1 Å². The molecule has 0 saturated heterocycles. The molecule has 0 aromatic carbocycles. The molecule has 0 spiro atoms. The zero-order valence-electron chi connectivity index (χ0n) is 8.31. The number of H-pyrrole nitrogens is 1. The Labute approximate surface area is 90.6 Å². The van der Waals surface area contributed by atoms with Crippen molar-refractivity contribution in [2.75, 3.05) is 0 Å². The number of hydrogen-bond donors (Lipinski definition) is 1. The number of aromatic nitrogens is 2. The van der Waals surface area contributed by atoms with Gasteiger partial charge in [0.25, 0.3) is 0 Å². The van der Waals surface area contributed by atoms with E-state index in [2.05, 4.69) is 9.97 Å². The van der Waals surface area contributed by atoms with Crippen molar-refractivity contribution >= 4 is 11.1 Å². The number of pyridine rings is 2. The SMILES string of the molecule is O=c1ccc(-c2cc3cccnc3o2)c[nH]1. The third-order valence-electron chi connectivity index (χ3n) is 2.36. The highest BCUT2D eigenvalue weighted by Crippen LogP contribution is 2.25. The zero-order chi connectivity index (χ0) is 11.0.